The minimum absolute atomic E-state index is 0.0304. The Kier molecular flexibility index (Phi) is 4.80. The molecule has 6 nitrogen and oxygen atoms in total. The van der Waals surface area contributed by atoms with E-state index in [1.807, 2.05) is 25.3 Å². The van der Waals surface area contributed by atoms with E-state index in [-0.39, 0.29) is 5.56 Å². The molecule has 140 valence electrons. The Bertz CT molecular complexity index is 1040. The number of aromatic nitrogens is 2. The van der Waals surface area contributed by atoms with Crippen molar-refractivity contribution in [2.75, 3.05) is 13.1 Å². The predicted octanol–water partition coefficient (Wildman–Crippen LogP) is 3.14. The van der Waals surface area contributed by atoms with Crippen LogP contribution >= 0.6 is 11.3 Å². The lowest BCUT2D eigenvalue weighted by Gasteiger charge is -2.32. The zero-order valence-corrected chi connectivity index (χ0v) is 15.9. The molecular weight excluding hydrogens is 362 g/mol. The number of benzene rings is 1. The van der Waals surface area contributed by atoms with Crippen molar-refractivity contribution >= 4 is 22.3 Å². The van der Waals surface area contributed by atoms with Gasteiger partial charge in [0.25, 0.3) is 5.56 Å². The number of thiazole rings is 1. The summed E-state index contributed by atoms with van der Waals surface area (Å²) in [6.07, 6.45) is 3.99. The summed E-state index contributed by atoms with van der Waals surface area (Å²) in [5.74, 6) is -0.529. The molecule has 2 aromatic heterocycles. The van der Waals surface area contributed by atoms with Crippen LogP contribution in [0.2, 0.25) is 0 Å². The second kappa shape index (κ2) is 7.25. The van der Waals surface area contributed by atoms with E-state index in [1.165, 1.54) is 16.9 Å². The summed E-state index contributed by atoms with van der Waals surface area (Å²) in [6, 6.07) is 8.81. The number of nitrogens with zero attached hydrogens (tertiary/aromatic N) is 3. The molecule has 3 aromatic rings. The normalized spacial score (nSPS) is 18.0. The quantitative estimate of drug-likeness (QED) is 0.749. The topological polar surface area (TPSA) is 74.9 Å². The van der Waals surface area contributed by atoms with Crippen molar-refractivity contribution < 1.29 is 9.90 Å². The maximum absolute atomic E-state index is 12.3. The smallest absolute Gasteiger partial charge is 0.335 e. The van der Waals surface area contributed by atoms with Gasteiger partial charge in [-0.05, 0) is 49.9 Å². The Morgan fingerprint density at radius 2 is 2.11 bits per heavy atom. The van der Waals surface area contributed by atoms with Gasteiger partial charge in [-0.3, -0.25) is 14.1 Å². The molecule has 1 N–H and O–H groups in total. The van der Waals surface area contributed by atoms with Gasteiger partial charge in [0.05, 0.1) is 11.3 Å². The first-order chi connectivity index (χ1) is 13.0. The zero-order valence-electron chi connectivity index (χ0n) is 15.1. The highest BCUT2D eigenvalue weighted by Crippen LogP contribution is 2.28. The highest BCUT2D eigenvalue weighted by Gasteiger charge is 2.22. The summed E-state index contributed by atoms with van der Waals surface area (Å²) in [5, 5.41) is 9.05. The summed E-state index contributed by atoms with van der Waals surface area (Å²) in [5.41, 5.74) is 2.26. The van der Waals surface area contributed by atoms with Crippen LogP contribution in [0.5, 0.6) is 0 Å². The van der Waals surface area contributed by atoms with E-state index < -0.39 is 5.97 Å². The maximum Gasteiger partial charge on any atom is 0.335 e. The van der Waals surface area contributed by atoms with Gasteiger partial charge in [0, 0.05) is 30.2 Å². The number of carbonyl (C=O) groups is 1. The highest BCUT2D eigenvalue weighted by atomic mass is 32.1. The maximum atomic E-state index is 12.3. The lowest BCUT2D eigenvalue weighted by molar-refractivity contribution is 0.0697. The summed E-state index contributed by atoms with van der Waals surface area (Å²) in [6.45, 7) is 4.50. The number of carboxylic acids is 1. The Labute approximate surface area is 160 Å². The number of fused-ring (bicyclic) bond motifs is 1. The molecule has 0 amide bonds. The van der Waals surface area contributed by atoms with Crippen LogP contribution in [0.25, 0.3) is 4.96 Å². The number of carboxylic acid groups (broad SMARTS) is 1. The number of hydrogen-bond donors (Lipinski definition) is 1. The Balaban J connectivity index is 1.50. The first kappa shape index (κ1) is 17.9. The van der Waals surface area contributed by atoms with Gasteiger partial charge in [0.1, 0.15) is 0 Å². The van der Waals surface area contributed by atoms with Crippen LogP contribution < -0.4 is 5.56 Å². The van der Waals surface area contributed by atoms with E-state index in [0.29, 0.717) is 18.0 Å². The number of likely N-dealkylation sites (tertiary alicyclic amines) is 1. The van der Waals surface area contributed by atoms with E-state index >= 15 is 0 Å². The van der Waals surface area contributed by atoms with Crippen LogP contribution in [0.3, 0.4) is 0 Å². The van der Waals surface area contributed by atoms with E-state index in [9.17, 15) is 9.59 Å². The van der Waals surface area contributed by atoms with E-state index in [1.54, 1.807) is 22.6 Å². The minimum atomic E-state index is -0.900. The fourth-order valence-electron chi connectivity index (χ4n) is 3.74. The molecule has 1 aliphatic heterocycles. The van der Waals surface area contributed by atoms with Gasteiger partial charge < -0.3 is 5.11 Å². The van der Waals surface area contributed by atoms with Crippen LogP contribution in [0.1, 0.15) is 45.3 Å². The van der Waals surface area contributed by atoms with Crippen molar-refractivity contribution in [2.45, 2.75) is 32.2 Å². The standard InChI is InChI=1S/C20H21N3O3S/c1-13-10-23-18(24)9-17(21-20(23)27-13)12-22-8-2-3-16(11-22)14-4-6-15(7-5-14)19(25)26/h4-7,9-10,16H,2-3,8,11-12H2,1H3,(H,25,26). The van der Waals surface area contributed by atoms with E-state index in [0.717, 1.165) is 41.5 Å². The lowest BCUT2D eigenvalue weighted by Crippen LogP contribution is -2.34. The Morgan fingerprint density at radius 1 is 1.33 bits per heavy atom. The molecule has 1 unspecified atom stereocenters. The molecule has 1 fully saturated rings. The average molecular weight is 383 g/mol. The second-order valence-corrected chi connectivity index (χ2v) is 8.29. The summed E-state index contributed by atoms with van der Waals surface area (Å²) in [4.78, 5) is 32.1. The summed E-state index contributed by atoms with van der Waals surface area (Å²) < 4.78 is 1.60. The molecule has 1 saturated heterocycles. The Morgan fingerprint density at radius 3 is 2.85 bits per heavy atom. The second-order valence-electron chi connectivity index (χ2n) is 7.08. The fourth-order valence-corrected chi connectivity index (χ4v) is 4.59. The summed E-state index contributed by atoms with van der Waals surface area (Å²) in [7, 11) is 0. The molecule has 1 atom stereocenters. The number of rotatable bonds is 4. The molecule has 0 bridgehead atoms. The van der Waals surface area contributed by atoms with Crippen LogP contribution in [-0.2, 0) is 6.54 Å². The fraction of sp³-hybridized carbons (Fsp3) is 0.350. The van der Waals surface area contributed by atoms with Crippen molar-refractivity contribution in [3.05, 3.63) is 68.6 Å². The van der Waals surface area contributed by atoms with Crippen LogP contribution in [0, 0.1) is 6.92 Å². The van der Waals surface area contributed by atoms with Gasteiger partial charge in [-0.1, -0.05) is 12.1 Å². The third-order valence-electron chi connectivity index (χ3n) is 5.06. The van der Waals surface area contributed by atoms with Gasteiger partial charge in [-0.2, -0.15) is 0 Å². The zero-order chi connectivity index (χ0) is 19.0. The monoisotopic (exact) mass is 383 g/mol. The van der Waals surface area contributed by atoms with Gasteiger partial charge in [0.2, 0.25) is 0 Å². The van der Waals surface area contributed by atoms with E-state index in [4.69, 9.17) is 5.11 Å². The number of aromatic carboxylic acids is 1. The highest BCUT2D eigenvalue weighted by molar-refractivity contribution is 7.16. The van der Waals surface area contributed by atoms with Crippen molar-refractivity contribution in [3.63, 3.8) is 0 Å². The number of piperidine rings is 1. The van der Waals surface area contributed by atoms with Crippen LogP contribution in [-0.4, -0.2) is 38.4 Å². The van der Waals surface area contributed by atoms with Crippen molar-refractivity contribution in [1.29, 1.82) is 0 Å². The third-order valence-corrected chi connectivity index (χ3v) is 5.95. The van der Waals surface area contributed by atoms with Crippen LogP contribution in [0.15, 0.2) is 41.3 Å². The average Bonchev–Trinajstić information content (AvgIpc) is 3.03. The third kappa shape index (κ3) is 3.79. The SMILES string of the molecule is Cc1cn2c(=O)cc(CN3CCCC(c4ccc(C(=O)O)cc4)C3)nc2s1. The van der Waals surface area contributed by atoms with Crippen LogP contribution in [0.4, 0.5) is 0 Å². The lowest BCUT2D eigenvalue weighted by atomic mass is 9.90. The van der Waals surface area contributed by atoms with Crippen molar-refractivity contribution in [1.82, 2.24) is 14.3 Å². The molecule has 7 heteroatoms. The van der Waals surface area contributed by atoms with E-state index in [2.05, 4.69) is 9.88 Å². The molecule has 3 heterocycles. The molecule has 0 radical (unpaired) electrons. The number of aryl methyl sites for hydroxylation is 1. The predicted molar refractivity (Wildman–Crippen MR) is 105 cm³/mol. The molecule has 1 aromatic carbocycles. The van der Waals surface area contributed by atoms with Crippen molar-refractivity contribution in [3.8, 4) is 0 Å². The molecule has 1 aliphatic rings. The first-order valence-corrected chi connectivity index (χ1v) is 9.85. The number of hydrogen-bond acceptors (Lipinski definition) is 5. The van der Waals surface area contributed by atoms with Gasteiger partial charge in [-0.15, -0.1) is 11.3 Å². The van der Waals surface area contributed by atoms with Crippen molar-refractivity contribution in [2.24, 2.45) is 0 Å². The van der Waals surface area contributed by atoms with Gasteiger partial charge >= 0.3 is 5.97 Å². The molecule has 27 heavy (non-hydrogen) atoms. The first-order valence-electron chi connectivity index (χ1n) is 9.04. The summed E-state index contributed by atoms with van der Waals surface area (Å²) >= 11 is 1.53. The molecule has 0 aliphatic carbocycles. The molecule has 0 saturated carbocycles. The molecular formula is C20H21N3O3S. The van der Waals surface area contributed by atoms with Gasteiger partial charge in [-0.25, -0.2) is 9.78 Å². The molecule has 4 rings (SSSR count). The van der Waals surface area contributed by atoms with Gasteiger partial charge in [0.15, 0.2) is 4.96 Å². The largest absolute Gasteiger partial charge is 0.478 e. The molecule has 0 spiro atoms. The minimum Gasteiger partial charge on any atom is -0.478 e. The Hall–Kier alpha value is -2.51.